The smallest absolute Gasteiger partial charge is 0.282 e. The Bertz CT molecular complexity index is 482. The molecule has 2 atom stereocenters. The molecule has 2 heterocycles. The zero-order valence-electron chi connectivity index (χ0n) is 9.08. The molecule has 0 saturated carbocycles. The van der Waals surface area contributed by atoms with E-state index in [-0.39, 0.29) is 6.04 Å². The molecule has 0 aliphatic heterocycles. The second kappa shape index (κ2) is 5.05. The van der Waals surface area contributed by atoms with Crippen molar-refractivity contribution in [1.82, 2.24) is 15.3 Å². The summed E-state index contributed by atoms with van der Waals surface area (Å²) in [6.45, 7) is 1.68. The number of fused-ring (bicyclic) bond motifs is 1. The van der Waals surface area contributed by atoms with Gasteiger partial charge in [-0.15, -0.1) is 11.3 Å². The van der Waals surface area contributed by atoms with Gasteiger partial charge < -0.3 is 4.98 Å². The van der Waals surface area contributed by atoms with Crippen LogP contribution in [-0.4, -0.2) is 28.7 Å². The number of hydrogen-bond donors (Lipinski definition) is 2. The van der Waals surface area contributed by atoms with Gasteiger partial charge in [0.2, 0.25) is 6.30 Å². The summed E-state index contributed by atoms with van der Waals surface area (Å²) in [5, 5.41) is 2.23. The van der Waals surface area contributed by atoms with E-state index in [2.05, 4.69) is 15.3 Å². The van der Waals surface area contributed by atoms with Gasteiger partial charge in [0.25, 0.3) is 6.43 Å². The van der Waals surface area contributed by atoms with Crippen molar-refractivity contribution in [3.8, 4) is 0 Å². The zero-order valence-corrected chi connectivity index (χ0v) is 9.90. The fourth-order valence-corrected chi connectivity index (χ4v) is 2.46. The van der Waals surface area contributed by atoms with E-state index < -0.39 is 12.7 Å². The van der Waals surface area contributed by atoms with E-state index in [1.165, 1.54) is 11.3 Å². The summed E-state index contributed by atoms with van der Waals surface area (Å²) < 4.78 is 37.8. The first-order valence-corrected chi connectivity index (χ1v) is 6.03. The molecule has 2 aromatic rings. The average Bonchev–Trinajstić information content (AvgIpc) is 2.82. The molecule has 7 heteroatoms. The molecular weight excluding hydrogens is 251 g/mol. The van der Waals surface area contributed by atoms with Crippen LogP contribution in [0.3, 0.4) is 0 Å². The third-order valence-corrected chi connectivity index (χ3v) is 3.34. The van der Waals surface area contributed by atoms with E-state index in [1.54, 1.807) is 18.6 Å². The number of H-pyrrole nitrogens is 1. The maximum absolute atomic E-state index is 12.8. The fourth-order valence-electron chi connectivity index (χ4n) is 1.68. The van der Waals surface area contributed by atoms with Crippen molar-refractivity contribution in [2.75, 3.05) is 0 Å². The Kier molecular flexibility index (Phi) is 3.68. The standard InChI is InChI=1S/C10H12F3N3S/c1-5(16-9(13)8(11)12)2-6-3-14-10-7(6)17-4-15-10/h3-5,8-9,14,16H,2H2,1H3. The minimum atomic E-state index is -2.99. The molecule has 3 nitrogen and oxygen atoms in total. The molecule has 2 N–H and O–H groups in total. The van der Waals surface area contributed by atoms with Crippen LogP contribution in [-0.2, 0) is 6.42 Å². The van der Waals surface area contributed by atoms with Crippen LogP contribution in [0.25, 0.3) is 10.3 Å². The van der Waals surface area contributed by atoms with Crippen LogP contribution < -0.4 is 5.32 Å². The minimum absolute atomic E-state index is 0.361. The van der Waals surface area contributed by atoms with E-state index in [9.17, 15) is 13.2 Å². The third-order valence-electron chi connectivity index (χ3n) is 2.43. The molecule has 0 aromatic carbocycles. The van der Waals surface area contributed by atoms with Crippen LogP contribution >= 0.6 is 11.3 Å². The van der Waals surface area contributed by atoms with Gasteiger partial charge in [-0.05, 0) is 18.9 Å². The molecule has 0 bridgehead atoms. The number of hydrogen-bond acceptors (Lipinski definition) is 3. The summed E-state index contributed by atoms with van der Waals surface area (Å²) >= 11 is 1.48. The van der Waals surface area contributed by atoms with Crippen LogP contribution in [0, 0.1) is 0 Å². The molecule has 0 aliphatic carbocycles. The number of aromatic amines is 1. The molecule has 0 amide bonds. The summed E-state index contributed by atoms with van der Waals surface area (Å²) in [5.41, 5.74) is 3.45. The number of rotatable bonds is 5. The number of halogens is 3. The van der Waals surface area contributed by atoms with Crippen LogP contribution in [0.15, 0.2) is 11.7 Å². The second-order valence-corrected chi connectivity index (χ2v) is 4.71. The van der Waals surface area contributed by atoms with Crippen molar-refractivity contribution >= 4 is 21.7 Å². The molecule has 94 valence electrons. The van der Waals surface area contributed by atoms with E-state index in [0.717, 1.165) is 15.9 Å². The first-order chi connectivity index (χ1) is 8.08. The highest BCUT2D eigenvalue weighted by molar-refractivity contribution is 7.16. The maximum atomic E-state index is 12.8. The minimum Gasteiger partial charge on any atom is -0.345 e. The van der Waals surface area contributed by atoms with Crippen LogP contribution in [0.1, 0.15) is 12.5 Å². The second-order valence-electron chi connectivity index (χ2n) is 3.85. The summed E-state index contributed by atoms with van der Waals surface area (Å²) in [6.07, 6.45) is -3.01. The number of nitrogens with one attached hydrogen (secondary N) is 2. The lowest BCUT2D eigenvalue weighted by molar-refractivity contribution is 0.0251. The van der Waals surface area contributed by atoms with Gasteiger partial charge >= 0.3 is 0 Å². The van der Waals surface area contributed by atoms with E-state index in [1.807, 2.05) is 0 Å². The van der Waals surface area contributed by atoms with Gasteiger partial charge in [-0.1, -0.05) is 0 Å². The van der Waals surface area contributed by atoms with Crippen molar-refractivity contribution in [3.63, 3.8) is 0 Å². The molecule has 0 fully saturated rings. The van der Waals surface area contributed by atoms with E-state index >= 15 is 0 Å². The lowest BCUT2D eigenvalue weighted by Crippen LogP contribution is -2.39. The summed E-state index contributed by atoms with van der Waals surface area (Å²) in [5.74, 6) is 0. The van der Waals surface area contributed by atoms with Gasteiger partial charge in [0.05, 0.1) is 10.2 Å². The van der Waals surface area contributed by atoms with Gasteiger partial charge in [0, 0.05) is 12.2 Å². The van der Waals surface area contributed by atoms with Crippen molar-refractivity contribution in [2.24, 2.45) is 0 Å². The lowest BCUT2D eigenvalue weighted by Gasteiger charge is -2.16. The average molecular weight is 263 g/mol. The topological polar surface area (TPSA) is 40.7 Å². The number of aromatic nitrogens is 2. The van der Waals surface area contributed by atoms with Crippen LogP contribution in [0.5, 0.6) is 0 Å². The first kappa shape index (κ1) is 12.4. The van der Waals surface area contributed by atoms with Crippen molar-refractivity contribution in [1.29, 1.82) is 0 Å². The van der Waals surface area contributed by atoms with Gasteiger partial charge in [-0.2, -0.15) is 0 Å². The van der Waals surface area contributed by atoms with Gasteiger partial charge in [-0.3, -0.25) is 5.32 Å². The Labute approximate surface area is 100 Å². The molecule has 2 rings (SSSR count). The maximum Gasteiger partial charge on any atom is 0.282 e. The van der Waals surface area contributed by atoms with Crippen molar-refractivity contribution in [3.05, 3.63) is 17.3 Å². The molecule has 0 spiro atoms. The summed E-state index contributed by atoms with van der Waals surface area (Å²) in [4.78, 5) is 7.06. The lowest BCUT2D eigenvalue weighted by atomic mass is 10.1. The van der Waals surface area contributed by atoms with Crippen molar-refractivity contribution < 1.29 is 13.2 Å². The van der Waals surface area contributed by atoms with Gasteiger partial charge in [-0.25, -0.2) is 18.2 Å². The molecular formula is C10H12F3N3S. The number of nitrogens with zero attached hydrogens (tertiary/aromatic N) is 1. The monoisotopic (exact) mass is 263 g/mol. The molecule has 0 saturated heterocycles. The Balaban J connectivity index is 1.99. The zero-order chi connectivity index (χ0) is 12.4. The molecule has 2 unspecified atom stereocenters. The Morgan fingerprint density at radius 3 is 2.94 bits per heavy atom. The Hall–Kier alpha value is -1.08. The summed E-state index contributed by atoms with van der Waals surface area (Å²) in [7, 11) is 0. The molecule has 17 heavy (non-hydrogen) atoms. The fraction of sp³-hybridized carbons (Fsp3) is 0.500. The molecule has 0 aliphatic rings. The van der Waals surface area contributed by atoms with E-state index in [4.69, 9.17) is 0 Å². The van der Waals surface area contributed by atoms with Crippen LogP contribution in [0.2, 0.25) is 0 Å². The predicted octanol–water partition coefficient (Wildman–Crippen LogP) is 2.71. The Morgan fingerprint density at radius 2 is 2.24 bits per heavy atom. The Morgan fingerprint density at radius 1 is 1.47 bits per heavy atom. The van der Waals surface area contributed by atoms with Crippen molar-refractivity contribution in [2.45, 2.75) is 32.1 Å². The molecule has 2 aromatic heterocycles. The van der Waals surface area contributed by atoms with Gasteiger partial charge in [0.1, 0.15) is 5.65 Å². The summed E-state index contributed by atoms with van der Waals surface area (Å²) in [6, 6.07) is -0.361. The first-order valence-electron chi connectivity index (χ1n) is 5.15. The number of alkyl halides is 3. The van der Waals surface area contributed by atoms with Crippen LogP contribution in [0.4, 0.5) is 13.2 Å². The highest BCUT2D eigenvalue weighted by Gasteiger charge is 2.21. The van der Waals surface area contributed by atoms with E-state index in [0.29, 0.717) is 6.42 Å². The third kappa shape index (κ3) is 2.78. The quantitative estimate of drug-likeness (QED) is 0.814. The number of thiazole rings is 1. The largest absolute Gasteiger partial charge is 0.345 e. The highest BCUT2D eigenvalue weighted by Crippen LogP contribution is 2.22. The normalized spacial score (nSPS) is 15.6. The predicted molar refractivity (Wildman–Crippen MR) is 61.2 cm³/mol. The SMILES string of the molecule is CC(Cc1c[nH]c2ncsc12)NC(F)C(F)F. The molecule has 0 radical (unpaired) electrons. The highest BCUT2D eigenvalue weighted by atomic mass is 32.1. The van der Waals surface area contributed by atoms with Gasteiger partial charge in [0.15, 0.2) is 0 Å².